The molecule has 0 aliphatic heterocycles. The zero-order valence-corrected chi connectivity index (χ0v) is 13.6. The molecule has 0 fully saturated rings. The van der Waals surface area contributed by atoms with E-state index in [2.05, 4.69) is 5.32 Å². The normalized spacial score (nSPS) is 10.2. The van der Waals surface area contributed by atoms with Gasteiger partial charge in [0.25, 0.3) is 0 Å². The van der Waals surface area contributed by atoms with Crippen molar-refractivity contribution < 1.29 is 14.3 Å². The molecule has 2 rings (SSSR count). The number of carbonyl (C=O) groups is 2. The molecule has 0 unspecified atom stereocenters. The smallest absolute Gasteiger partial charge is 0.224 e. The lowest BCUT2D eigenvalue weighted by atomic mass is 10.1. The Hall–Kier alpha value is -2.33. The SMILES string of the molecule is COc1ccc(C(=O)CCCC(=O)Nc2cccc(Cl)c2)cc1. The third-order valence-corrected chi connectivity index (χ3v) is 3.56. The molecule has 0 bridgehead atoms. The molecule has 4 nitrogen and oxygen atoms in total. The van der Waals surface area contributed by atoms with Crippen LogP contribution in [-0.2, 0) is 4.79 Å². The summed E-state index contributed by atoms with van der Waals surface area (Å²) >= 11 is 5.86. The van der Waals surface area contributed by atoms with E-state index in [4.69, 9.17) is 16.3 Å². The molecule has 0 aliphatic carbocycles. The van der Waals surface area contributed by atoms with E-state index in [-0.39, 0.29) is 18.1 Å². The van der Waals surface area contributed by atoms with Gasteiger partial charge in [0.05, 0.1) is 7.11 Å². The highest BCUT2D eigenvalue weighted by atomic mass is 35.5. The van der Waals surface area contributed by atoms with E-state index in [9.17, 15) is 9.59 Å². The standard InChI is InChI=1S/C18H18ClNO3/c1-23-16-10-8-13(9-11-16)17(21)6-3-7-18(22)20-15-5-2-4-14(19)12-15/h2,4-5,8-12H,3,6-7H2,1H3,(H,20,22). The highest BCUT2D eigenvalue weighted by Gasteiger charge is 2.08. The maximum absolute atomic E-state index is 12.0. The predicted molar refractivity (Wildman–Crippen MR) is 91.3 cm³/mol. The second-order valence-corrected chi connectivity index (χ2v) is 5.50. The summed E-state index contributed by atoms with van der Waals surface area (Å²) in [6, 6.07) is 13.9. The number of hydrogen-bond acceptors (Lipinski definition) is 3. The Kier molecular flexibility index (Phi) is 6.18. The Morgan fingerprint density at radius 2 is 1.83 bits per heavy atom. The van der Waals surface area contributed by atoms with Crippen LogP contribution in [0.5, 0.6) is 5.75 Å². The van der Waals surface area contributed by atoms with Gasteiger partial charge in [0.1, 0.15) is 5.75 Å². The van der Waals surface area contributed by atoms with E-state index in [1.807, 2.05) is 0 Å². The van der Waals surface area contributed by atoms with E-state index in [1.165, 1.54) is 0 Å². The fraction of sp³-hybridized carbons (Fsp3) is 0.222. The van der Waals surface area contributed by atoms with Gasteiger partial charge in [0.2, 0.25) is 5.91 Å². The Bertz CT molecular complexity index is 683. The minimum Gasteiger partial charge on any atom is -0.497 e. The summed E-state index contributed by atoms with van der Waals surface area (Å²) in [7, 11) is 1.58. The molecule has 0 atom stereocenters. The summed E-state index contributed by atoms with van der Waals surface area (Å²) in [6.07, 6.45) is 1.11. The minimum atomic E-state index is -0.130. The number of Topliss-reactive ketones (excluding diaryl/α,β-unsaturated/α-hetero) is 1. The van der Waals surface area contributed by atoms with Crippen molar-refractivity contribution in [2.75, 3.05) is 12.4 Å². The topological polar surface area (TPSA) is 55.4 Å². The van der Waals surface area contributed by atoms with Crippen LogP contribution >= 0.6 is 11.6 Å². The number of anilines is 1. The number of amides is 1. The van der Waals surface area contributed by atoms with Crippen LogP contribution in [0, 0.1) is 0 Å². The number of carbonyl (C=O) groups excluding carboxylic acids is 2. The van der Waals surface area contributed by atoms with Gasteiger partial charge in [-0.1, -0.05) is 17.7 Å². The molecule has 2 aromatic rings. The number of nitrogens with one attached hydrogen (secondary N) is 1. The monoisotopic (exact) mass is 331 g/mol. The average molecular weight is 332 g/mol. The first kappa shape index (κ1) is 17.0. The highest BCUT2D eigenvalue weighted by molar-refractivity contribution is 6.30. The molecule has 2 aromatic carbocycles. The Labute approximate surface area is 140 Å². The summed E-state index contributed by atoms with van der Waals surface area (Å²) in [5.41, 5.74) is 1.28. The molecule has 5 heteroatoms. The molecule has 0 heterocycles. The summed E-state index contributed by atoms with van der Waals surface area (Å²) in [5, 5.41) is 3.33. The number of ketones is 1. The Morgan fingerprint density at radius 3 is 2.48 bits per heavy atom. The van der Waals surface area contributed by atoms with Crippen molar-refractivity contribution in [3.05, 3.63) is 59.1 Å². The zero-order valence-electron chi connectivity index (χ0n) is 12.8. The van der Waals surface area contributed by atoms with Crippen LogP contribution in [0.1, 0.15) is 29.6 Å². The maximum atomic E-state index is 12.0. The third kappa shape index (κ3) is 5.42. The first-order valence-corrected chi connectivity index (χ1v) is 7.69. The Balaban J connectivity index is 1.77. The van der Waals surface area contributed by atoms with Gasteiger partial charge in [0.15, 0.2) is 5.78 Å². The van der Waals surface area contributed by atoms with Gasteiger partial charge in [0, 0.05) is 29.1 Å². The van der Waals surface area contributed by atoms with Crippen LogP contribution in [0.3, 0.4) is 0 Å². The molecular weight excluding hydrogens is 314 g/mol. The fourth-order valence-corrected chi connectivity index (χ4v) is 2.31. The summed E-state index contributed by atoms with van der Waals surface area (Å²) in [6.45, 7) is 0. The molecule has 0 aromatic heterocycles. The molecule has 0 aliphatic rings. The molecule has 0 spiro atoms. The van der Waals surface area contributed by atoms with Gasteiger partial charge in [-0.05, 0) is 48.9 Å². The lowest BCUT2D eigenvalue weighted by Gasteiger charge is -2.06. The first-order chi connectivity index (χ1) is 11.1. The predicted octanol–water partition coefficient (Wildman–Crippen LogP) is 4.34. The van der Waals surface area contributed by atoms with Crippen molar-refractivity contribution in [1.29, 1.82) is 0 Å². The molecule has 120 valence electrons. The first-order valence-electron chi connectivity index (χ1n) is 7.31. The van der Waals surface area contributed by atoms with Gasteiger partial charge in [-0.15, -0.1) is 0 Å². The summed E-state index contributed by atoms with van der Waals surface area (Å²) < 4.78 is 5.05. The molecule has 23 heavy (non-hydrogen) atoms. The van der Waals surface area contributed by atoms with Crippen LogP contribution in [0.2, 0.25) is 5.02 Å². The van der Waals surface area contributed by atoms with E-state index >= 15 is 0 Å². The third-order valence-electron chi connectivity index (χ3n) is 3.33. The van der Waals surface area contributed by atoms with Crippen LogP contribution in [-0.4, -0.2) is 18.8 Å². The molecule has 1 amide bonds. The van der Waals surface area contributed by atoms with E-state index in [0.717, 1.165) is 0 Å². The highest BCUT2D eigenvalue weighted by Crippen LogP contribution is 2.16. The minimum absolute atomic E-state index is 0.0169. The maximum Gasteiger partial charge on any atom is 0.224 e. The second kappa shape index (κ2) is 8.34. The van der Waals surface area contributed by atoms with Gasteiger partial charge in [-0.25, -0.2) is 0 Å². The van der Waals surface area contributed by atoms with Crippen molar-refractivity contribution in [2.45, 2.75) is 19.3 Å². The number of benzene rings is 2. The van der Waals surface area contributed by atoms with Crippen molar-refractivity contribution in [2.24, 2.45) is 0 Å². The van der Waals surface area contributed by atoms with Crippen LogP contribution < -0.4 is 10.1 Å². The molecule has 0 saturated heterocycles. The molecule has 0 saturated carbocycles. The quantitative estimate of drug-likeness (QED) is 0.768. The van der Waals surface area contributed by atoms with Gasteiger partial charge in [-0.3, -0.25) is 9.59 Å². The molecular formula is C18H18ClNO3. The second-order valence-electron chi connectivity index (χ2n) is 5.06. The van der Waals surface area contributed by atoms with Crippen LogP contribution in [0.15, 0.2) is 48.5 Å². The lowest BCUT2D eigenvalue weighted by Crippen LogP contribution is -2.12. The number of methoxy groups -OCH3 is 1. The van der Waals surface area contributed by atoms with Gasteiger partial charge in [-0.2, -0.15) is 0 Å². The molecule has 1 N–H and O–H groups in total. The van der Waals surface area contributed by atoms with Crippen LogP contribution in [0.25, 0.3) is 0 Å². The van der Waals surface area contributed by atoms with Crippen molar-refractivity contribution in [3.8, 4) is 5.75 Å². The van der Waals surface area contributed by atoms with Crippen LogP contribution in [0.4, 0.5) is 5.69 Å². The lowest BCUT2D eigenvalue weighted by molar-refractivity contribution is -0.116. The number of ether oxygens (including phenoxy) is 1. The van der Waals surface area contributed by atoms with E-state index in [1.54, 1.807) is 55.6 Å². The largest absolute Gasteiger partial charge is 0.497 e. The van der Waals surface area contributed by atoms with Crippen molar-refractivity contribution in [3.63, 3.8) is 0 Å². The number of hydrogen-bond donors (Lipinski definition) is 1. The summed E-state index contributed by atoms with van der Waals surface area (Å²) in [5.74, 6) is 0.598. The van der Waals surface area contributed by atoms with Crippen molar-refractivity contribution in [1.82, 2.24) is 0 Å². The molecule has 0 radical (unpaired) electrons. The average Bonchev–Trinajstić information content (AvgIpc) is 2.55. The fourth-order valence-electron chi connectivity index (χ4n) is 2.12. The number of halogens is 1. The van der Waals surface area contributed by atoms with Gasteiger partial charge >= 0.3 is 0 Å². The van der Waals surface area contributed by atoms with E-state index in [0.29, 0.717) is 34.9 Å². The summed E-state index contributed by atoms with van der Waals surface area (Å²) in [4.78, 5) is 23.9. The van der Waals surface area contributed by atoms with Gasteiger partial charge < -0.3 is 10.1 Å². The number of rotatable bonds is 7. The van der Waals surface area contributed by atoms with Crippen molar-refractivity contribution >= 4 is 29.0 Å². The Morgan fingerprint density at radius 1 is 1.09 bits per heavy atom. The van der Waals surface area contributed by atoms with E-state index < -0.39 is 0 Å². The zero-order chi connectivity index (χ0) is 16.7.